The van der Waals surface area contributed by atoms with E-state index in [-0.39, 0.29) is 0 Å². The first kappa shape index (κ1) is 9.97. The second kappa shape index (κ2) is 3.98. The number of aryl methyl sites for hydroxylation is 1. The van der Waals surface area contributed by atoms with Gasteiger partial charge in [-0.1, -0.05) is 18.2 Å². The van der Waals surface area contributed by atoms with Gasteiger partial charge in [0.1, 0.15) is 0 Å². The van der Waals surface area contributed by atoms with E-state index in [1.807, 2.05) is 30.3 Å². The number of nitrogens with zero attached hydrogens (tertiary/aromatic N) is 1. The normalized spacial score (nSPS) is 10.6. The van der Waals surface area contributed by atoms with E-state index < -0.39 is 0 Å². The van der Waals surface area contributed by atoms with Crippen LogP contribution < -0.4 is 0 Å². The lowest BCUT2D eigenvalue weighted by Crippen LogP contribution is -1.97. The molecule has 2 nitrogen and oxygen atoms in total. The minimum Gasteiger partial charge on any atom is -0.463 e. The number of benzene rings is 1. The third-order valence-electron chi connectivity index (χ3n) is 2.86. The van der Waals surface area contributed by atoms with Crippen LogP contribution in [0.5, 0.6) is 0 Å². The smallest absolute Gasteiger partial charge is 0.150 e. The minimum atomic E-state index is 0.891. The van der Waals surface area contributed by atoms with Crippen molar-refractivity contribution >= 4 is 0 Å². The van der Waals surface area contributed by atoms with Gasteiger partial charge in [-0.05, 0) is 43.3 Å². The maximum atomic E-state index is 5.47. The fourth-order valence-corrected chi connectivity index (χ4v) is 2.08. The first-order chi connectivity index (χ1) is 8.36. The topological polar surface area (TPSA) is 18.1 Å². The van der Waals surface area contributed by atoms with E-state index in [1.54, 1.807) is 6.26 Å². The summed E-state index contributed by atoms with van der Waals surface area (Å²) in [5.74, 6) is 0.891. The minimum absolute atomic E-state index is 0.891. The summed E-state index contributed by atoms with van der Waals surface area (Å²) in [6, 6.07) is 18.4. The molecule has 0 aliphatic heterocycles. The van der Waals surface area contributed by atoms with Crippen LogP contribution in [0.25, 0.3) is 17.1 Å². The molecule has 0 unspecified atom stereocenters. The molecule has 2 heterocycles. The molecule has 2 aromatic heterocycles. The van der Waals surface area contributed by atoms with Crippen molar-refractivity contribution < 1.29 is 4.42 Å². The molecule has 1 aromatic carbocycles. The van der Waals surface area contributed by atoms with Crippen molar-refractivity contribution in [2.75, 3.05) is 0 Å². The van der Waals surface area contributed by atoms with Crippen LogP contribution in [0, 0.1) is 6.92 Å². The van der Waals surface area contributed by atoms with Gasteiger partial charge in [0, 0.05) is 11.4 Å². The molecule has 0 aliphatic carbocycles. The summed E-state index contributed by atoms with van der Waals surface area (Å²) in [6.45, 7) is 2.10. The second-order valence-corrected chi connectivity index (χ2v) is 4.01. The molecule has 0 bridgehead atoms. The quantitative estimate of drug-likeness (QED) is 0.641. The molecular formula is C15H13NO. The number of para-hydroxylation sites is 1. The number of hydrogen-bond donors (Lipinski definition) is 0. The van der Waals surface area contributed by atoms with Crippen LogP contribution >= 0.6 is 0 Å². The van der Waals surface area contributed by atoms with Crippen LogP contribution in [0.15, 0.2) is 65.3 Å². The van der Waals surface area contributed by atoms with Gasteiger partial charge in [-0.2, -0.15) is 0 Å². The summed E-state index contributed by atoms with van der Waals surface area (Å²) >= 11 is 0. The fourth-order valence-electron chi connectivity index (χ4n) is 2.08. The van der Waals surface area contributed by atoms with Crippen molar-refractivity contribution in [3.8, 4) is 17.1 Å². The van der Waals surface area contributed by atoms with Gasteiger partial charge in [0.05, 0.1) is 12.0 Å². The van der Waals surface area contributed by atoms with Crippen LogP contribution in [0.4, 0.5) is 0 Å². The Hall–Kier alpha value is -2.22. The highest BCUT2D eigenvalue weighted by Gasteiger charge is 2.10. The van der Waals surface area contributed by atoms with E-state index in [4.69, 9.17) is 4.42 Å². The molecule has 0 radical (unpaired) electrons. The molecule has 0 saturated carbocycles. The van der Waals surface area contributed by atoms with Gasteiger partial charge in [0.2, 0.25) is 0 Å². The Kier molecular flexibility index (Phi) is 2.33. The van der Waals surface area contributed by atoms with E-state index in [0.29, 0.717) is 0 Å². The third-order valence-corrected chi connectivity index (χ3v) is 2.86. The van der Waals surface area contributed by atoms with Crippen molar-refractivity contribution in [1.82, 2.24) is 4.57 Å². The molecular weight excluding hydrogens is 210 g/mol. The molecule has 0 saturated heterocycles. The van der Waals surface area contributed by atoms with Gasteiger partial charge in [-0.3, -0.25) is 0 Å². The SMILES string of the molecule is Cc1ccc(-c2ccco2)n1-c1ccccc1. The predicted octanol–water partition coefficient (Wildman–Crippen LogP) is 4.05. The Morgan fingerprint density at radius 1 is 0.882 bits per heavy atom. The van der Waals surface area contributed by atoms with Crippen LogP contribution in [-0.2, 0) is 0 Å². The first-order valence-electron chi connectivity index (χ1n) is 5.64. The van der Waals surface area contributed by atoms with Crippen molar-refractivity contribution in [2.24, 2.45) is 0 Å². The average molecular weight is 223 g/mol. The lowest BCUT2D eigenvalue weighted by Gasteiger charge is -2.09. The van der Waals surface area contributed by atoms with Gasteiger partial charge < -0.3 is 8.98 Å². The molecule has 0 N–H and O–H groups in total. The van der Waals surface area contributed by atoms with Gasteiger partial charge >= 0.3 is 0 Å². The van der Waals surface area contributed by atoms with E-state index in [2.05, 4.69) is 35.8 Å². The van der Waals surface area contributed by atoms with Crippen molar-refractivity contribution in [2.45, 2.75) is 6.92 Å². The van der Waals surface area contributed by atoms with Crippen molar-refractivity contribution in [3.05, 3.63) is 66.6 Å². The highest BCUT2D eigenvalue weighted by Crippen LogP contribution is 2.26. The van der Waals surface area contributed by atoms with Crippen LogP contribution in [0.3, 0.4) is 0 Å². The highest BCUT2D eigenvalue weighted by molar-refractivity contribution is 5.58. The monoisotopic (exact) mass is 223 g/mol. The van der Waals surface area contributed by atoms with Gasteiger partial charge in [0.25, 0.3) is 0 Å². The molecule has 0 amide bonds. The molecule has 2 heteroatoms. The molecule has 0 atom stereocenters. The van der Waals surface area contributed by atoms with Crippen LogP contribution in [0.1, 0.15) is 5.69 Å². The Bertz CT molecular complexity index is 606. The van der Waals surface area contributed by atoms with Crippen molar-refractivity contribution in [3.63, 3.8) is 0 Å². The first-order valence-corrected chi connectivity index (χ1v) is 5.64. The summed E-state index contributed by atoms with van der Waals surface area (Å²) < 4.78 is 7.67. The summed E-state index contributed by atoms with van der Waals surface area (Å²) in [7, 11) is 0. The van der Waals surface area contributed by atoms with Gasteiger partial charge in [-0.25, -0.2) is 0 Å². The summed E-state index contributed by atoms with van der Waals surface area (Å²) in [5, 5.41) is 0. The zero-order chi connectivity index (χ0) is 11.7. The molecule has 84 valence electrons. The Labute approximate surface area is 100 Å². The third kappa shape index (κ3) is 1.68. The number of aromatic nitrogens is 1. The zero-order valence-electron chi connectivity index (χ0n) is 9.63. The number of rotatable bonds is 2. The van der Waals surface area contributed by atoms with Gasteiger partial charge in [0.15, 0.2) is 5.76 Å². The molecule has 3 aromatic rings. The van der Waals surface area contributed by atoms with Crippen LogP contribution in [-0.4, -0.2) is 4.57 Å². The lowest BCUT2D eigenvalue weighted by atomic mass is 10.3. The van der Waals surface area contributed by atoms with E-state index >= 15 is 0 Å². The molecule has 0 spiro atoms. The number of furan rings is 1. The second-order valence-electron chi connectivity index (χ2n) is 4.01. The Balaban J connectivity index is 2.20. The van der Waals surface area contributed by atoms with E-state index in [9.17, 15) is 0 Å². The fraction of sp³-hybridized carbons (Fsp3) is 0.0667. The molecule has 0 fully saturated rings. The molecule has 0 aliphatic rings. The maximum Gasteiger partial charge on any atom is 0.150 e. The standard InChI is InChI=1S/C15H13NO/c1-12-9-10-14(15-8-5-11-17-15)16(12)13-6-3-2-4-7-13/h2-11H,1H3. The van der Waals surface area contributed by atoms with Gasteiger partial charge in [-0.15, -0.1) is 0 Å². The summed E-state index contributed by atoms with van der Waals surface area (Å²) in [6.07, 6.45) is 1.70. The summed E-state index contributed by atoms with van der Waals surface area (Å²) in [4.78, 5) is 0. The average Bonchev–Trinajstić information content (AvgIpc) is 2.98. The highest BCUT2D eigenvalue weighted by atomic mass is 16.3. The zero-order valence-corrected chi connectivity index (χ0v) is 9.63. The number of hydrogen-bond acceptors (Lipinski definition) is 1. The maximum absolute atomic E-state index is 5.47. The summed E-state index contributed by atoms with van der Waals surface area (Å²) in [5.41, 5.74) is 3.43. The lowest BCUT2D eigenvalue weighted by molar-refractivity contribution is 0.578. The van der Waals surface area contributed by atoms with E-state index in [0.717, 1.165) is 17.1 Å². The largest absolute Gasteiger partial charge is 0.463 e. The van der Waals surface area contributed by atoms with E-state index in [1.165, 1.54) is 5.69 Å². The Morgan fingerprint density at radius 3 is 2.41 bits per heavy atom. The Morgan fingerprint density at radius 2 is 1.71 bits per heavy atom. The predicted molar refractivity (Wildman–Crippen MR) is 68.2 cm³/mol. The molecule has 17 heavy (non-hydrogen) atoms. The van der Waals surface area contributed by atoms with Crippen LogP contribution in [0.2, 0.25) is 0 Å². The van der Waals surface area contributed by atoms with Crippen molar-refractivity contribution in [1.29, 1.82) is 0 Å². The molecule has 3 rings (SSSR count).